The second-order valence-corrected chi connectivity index (χ2v) is 7.10. The number of pyridine rings is 1. The lowest BCUT2D eigenvalue weighted by atomic mass is 10.2. The number of nitrogens with one attached hydrogen (secondary N) is 2. The van der Waals surface area contributed by atoms with Gasteiger partial charge in [-0.25, -0.2) is 4.99 Å². The molecule has 0 saturated carbocycles. The first-order valence-corrected chi connectivity index (χ1v) is 9.87. The minimum Gasteiger partial charge on any atom is -0.497 e. The SMILES string of the molecule is COc1cc(OC)cc(C(=O)NC(=NCc2ccncc2)Nc2ccc(Cl)cc2C)c1. The highest BCUT2D eigenvalue weighted by Crippen LogP contribution is 2.23. The van der Waals surface area contributed by atoms with Gasteiger partial charge in [0, 0.05) is 34.7 Å². The lowest BCUT2D eigenvalue weighted by Crippen LogP contribution is -2.36. The average molecular weight is 439 g/mol. The van der Waals surface area contributed by atoms with Gasteiger partial charge in [-0.1, -0.05) is 11.6 Å². The predicted octanol–water partition coefficient (Wildman–Crippen LogP) is 4.46. The van der Waals surface area contributed by atoms with Crippen LogP contribution in [0.5, 0.6) is 11.5 Å². The van der Waals surface area contributed by atoms with Crippen molar-refractivity contribution < 1.29 is 14.3 Å². The van der Waals surface area contributed by atoms with Crippen LogP contribution in [0.2, 0.25) is 5.02 Å². The molecule has 31 heavy (non-hydrogen) atoms. The number of ether oxygens (including phenoxy) is 2. The molecule has 0 spiro atoms. The quantitative estimate of drug-likeness (QED) is 0.438. The van der Waals surface area contributed by atoms with Gasteiger partial charge in [-0.2, -0.15) is 0 Å². The van der Waals surface area contributed by atoms with Crippen LogP contribution in [0, 0.1) is 6.92 Å². The highest BCUT2D eigenvalue weighted by Gasteiger charge is 2.13. The number of rotatable bonds is 6. The first-order chi connectivity index (χ1) is 15.0. The molecule has 0 bridgehead atoms. The van der Waals surface area contributed by atoms with Crippen molar-refractivity contribution in [3.63, 3.8) is 0 Å². The van der Waals surface area contributed by atoms with E-state index in [1.165, 1.54) is 14.2 Å². The molecular weight excluding hydrogens is 416 g/mol. The van der Waals surface area contributed by atoms with Gasteiger partial charge < -0.3 is 14.8 Å². The van der Waals surface area contributed by atoms with Crippen LogP contribution in [-0.4, -0.2) is 31.1 Å². The molecular formula is C23H23ClN4O3. The largest absolute Gasteiger partial charge is 0.497 e. The van der Waals surface area contributed by atoms with Crippen LogP contribution in [-0.2, 0) is 6.54 Å². The number of hydrogen-bond donors (Lipinski definition) is 2. The summed E-state index contributed by atoms with van der Waals surface area (Å²) >= 11 is 6.06. The summed E-state index contributed by atoms with van der Waals surface area (Å²) in [6, 6.07) is 14.1. The van der Waals surface area contributed by atoms with E-state index in [9.17, 15) is 4.79 Å². The molecule has 160 valence electrons. The van der Waals surface area contributed by atoms with Gasteiger partial charge in [0.05, 0.1) is 20.8 Å². The summed E-state index contributed by atoms with van der Waals surface area (Å²) in [6.07, 6.45) is 3.39. The lowest BCUT2D eigenvalue weighted by molar-refractivity contribution is 0.0976. The molecule has 0 saturated heterocycles. The third-order valence-electron chi connectivity index (χ3n) is 4.46. The van der Waals surface area contributed by atoms with Gasteiger partial charge in [-0.3, -0.25) is 15.1 Å². The second-order valence-electron chi connectivity index (χ2n) is 6.66. The number of aryl methyl sites for hydroxylation is 1. The molecule has 0 fully saturated rings. The molecule has 1 aromatic heterocycles. The maximum absolute atomic E-state index is 13.0. The third kappa shape index (κ3) is 6.20. The molecule has 0 unspecified atom stereocenters. The fraction of sp³-hybridized carbons (Fsp3) is 0.174. The summed E-state index contributed by atoms with van der Waals surface area (Å²) in [6.45, 7) is 2.28. The summed E-state index contributed by atoms with van der Waals surface area (Å²) in [5, 5.41) is 6.65. The van der Waals surface area contributed by atoms with Crippen LogP contribution in [0.1, 0.15) is 21.5 Å². The topological polar surface area (TPSA) is 84.8 Å². The summed E-state index contributed by atoms with van der Waals surface area (Å²) < 4.78 is 10.5. The van der Waals surface area contributed by atoms with Crippen LogP contribution >= 0.6 is 11.6 Å². The number of anilines is 1. The van der Waals surface area contributed by atoms with E-state index >= 15 is 0 Å². The normalized spacial score (nSPS) is 11.0. The van der Waals surface area contributed by atoms with Crippen LogP contribution in [0.25, 0.3) is 0 Å². The monoisotopic (exact) mass is 438 g/mol. The molecule has 0 atom stereocenters. The molecule has 7 nitrogen and oxygen atoms in total. The van der Waals surface area contributed by atoms with Crippen molar-refractivity contribution in [1.82, 2.24) is 10.3 Å². The van der Waals surface area contributed by atoms with Crippen molar-refractivity contribution in [2.45, 2.75) is 13.5 Å². The highest BCUT2D eigenvalue weighted by atomic mass is 35.5. The molecule has 0 radical (unpaired) electrons. The van der Waals surface area contributed by atoms with E-state index in [-0.39, 0.29) is 5.91 Å². The van der Waals surface area contributed by atoms with E-state index in [0.29, 0.717) is 34.6 Å². The number of nitrogens with zero attached hydrogens (tertiary/aromatic N) is 2. The first kappa shape index (κ1) is 22.1. The number of carbonyl (C=O) groups is 1. The van der Waals surface area contributed by atoms with E-state index < -0.39 is 0 Å². The molecule has 8 heteroatoms. The van der Waals surface area contributed by atoms with Gasteiger partial charge in [0.2, 0.25) is 5.96 Å². The number of amides is 1. The van der Waals surface area contributed by atoms with Gasteiger partial charge in [0.15, 0.2) is 0 Å². The molecule has 0 aliphatic rings. The third-order valence-corrected chi connectivity index (χ3v) is 4.69. The fourth-order valence-electron chi connectivity index (χ4n) is 2.78. The van der Waals surface area contributed by atoms with E-state index in [0.717, 1.165) is 16.8 Å². The van der Waals surface area contributed by atoms with Crippen LogP contribution in [0.3, 0.4) is 0 Å². The summed E-state index contributed by atoms with van der Waals surface area (Å²) in [4.78, 5) is 21.5. The van der Waals surface area contributed by atoms with Crippen molar-refractivity contribution in [3.8, 4) is 11.5 Å². The maximum atomic E-state index is 13.0. The van der Waals surface area contributed by atoms with Crippen molar-refractivity contribution >= 4 is 29.2 Å². The Bertz CT molecular complexity index is 1070. The number of carbonyl (C=O) groups excluding carboxylic acids is 1. The zero-order valence-corrected chi connectivity index (χ0v) is 18.2. The number of hydrogen-bond acceptors (Lipinski definition) is 5. The average Bonchev–Trinajstić information content (AvgIpc) is 2.79. The Morgan fingerprint density at radius 2 is 1.71 bits per heavy atom. The Balaban J connectivity index is 1.87. The summed E-state index contributed by atoms with van der Waals surface area (Å²) in [7, 11) is 3.06. The van der Waals surface area contributed by atoms with Crippen molar-refractivity contribution in [2.75, 3.05) is 19.5 Å². The number of aliphatic imine (C=N–C) groups is 1. The molecule has 1 amide bonds. The second kappa shape index (κ2) is 10.4. The Kier molecular flexibility index (Phi) is 7.45. The van der Waals surface area contributed by atoms with Crippen molar-refractivity contribution in [3.05, 3.63) is 82.6 Å². The minimum atomic E-state index is -0.357. The predicted molar refractivity (Wildman–Crippen MR) is 122 cm³/mol. The zero-order chi connectivity index (χ0) is 22.2. The van der Waals surface area contributed by atoms with Gasteiger partial charge in [-0.15, -0.1) is 0 Å². The van der Waals surface area contributed by atoms with Crippen LogP contribution in [0.4, 0.5) is 5.69 Å². The Morgan fingerprint density at radius 3 is 2.32 bits per heavy atom. The van der Waals surface area contributed by atoms with E-state index in [1.807, 2.05) is 31.2 Å². The smallest absolute Gasteiger partial charge is 0.258 e. The molecule has 1 heterocycles. The van der Waals surface area contributed by atoms with Gasteiger partial charge in [-0.05, 0) is 60.5 Å². The van der Waals surface area contributed by atoms with Crippen molar-refractivity contribution in [1.29, 1.82) is 0 Å². The number of halogens is 1. The molecule has 0 aliphatic carbocycles. The first-order valence-electron chi connectivity index (χ1n) is 9.49. The van der Waals surface area contributed by atoms with E-state index in [1.54, 1.807) is 36.7 Å². The standard InChI is InChI=1S/C23H23ClN4O3/c1-15-10-18(24)4-5-21(15)27-23(26-14-16-6-8-25-9-7-16)28-22(29)17-11-19(30-2)13-20(12-17)31-3/h4-13H,14H2,1-3H3,(H2,26,27,28,29). The lowest BCUT2D eigenvalue weighted by Gasteiger charge is -2.15. The molecule has 2 N–H and O–H groups in total. The Morgan fingerprint density at radius 1 is 1.03 bits per heavy atom. The molecule has 3 aromatic rings. The molecule has 2 aromatic carbocycles. The fourth-order valence-corrected chi connectivity index (χ4v) is 3.01. The van der Waals surface area contributed by atoms with Gasteiger partial charge >= 0.3 is 0 Å². The van der Waals surface area contributed by atoms with Gasteiger partial charge in [0.1, 0.15) is 11.5 Å². The van der Waals surface area contributed by atoms with Crippen LogP contribution < -0.4 is 20.1 Å². The molecule has 0 aliphatic heterocycles. The van der Waals surface area contributed by atoms with E-state index in [4.69, 9.17) is 21.1 Å². The number of aromatic nitrogens is 1. The van der Waals surface area contributed by atoms with E-state index in [2.05, 4.69) is 20.6 Å². The zero-order valence-electron chi connectivity index (χ0n) is 17.5. The summed E-state index contributed by atoms with van der Waals surface area (Å²) in [5.41, 5.74) is 3.03. The van der Waals surface area contributed by atoms with Gasteiger partial charge in [0.25, 0.3) is 5.91 Å². The minimum absolute atomic E-state index is 0.300. The Labute approximate surface area is 186 Å². The Hall–Kier alpha value is -3.58. The summed E-state index contributed by atoms with van der Waals surface area (Å²) in [5.74, 6) is 0.973. The number of benzene rings is 2. The molecule has 3 rings (SSSR count). The highest BCUT2D eigenvalue weighted by molar-refractivity contribution is 6.30. The number of guanidine groups is 1. The van der Waals surface area contributed by atoms with Crippen LogP contribution in [0.15, 0.2) is 65.9 Å². The number of methoxy groups -OCH3 is 2. The van der Waals surface area contributed by atoms with Crippen molar-refractivity contribution in [2.24, 2.45) is 4.99 Å². The maximum Gasteiger partial charge on any atom is 0.258 e.